The molecule has 13 heavy (non-hydrogen) atoms. The van der Waals surface area contributed by atoms with Crippen LogP contribution in [0.5, 0.6) is 0 Å². The summed E-state index contributed by atoms with van der Waals surface area (Å²) in [5.74, 6) is -0.244. The Kier molecular flexibility index (Phi) is 1.88. The fraction of sp³-hybridized carbons (Fsp3) is 0.875. The van der Waals surface area contributed by atoms with Crippen LogP contribution in [0.2, 0.25) is 0 Å². The van der Waals surface area contributed by atoms with E-state index in [2.05, 4.69) is 0 Å². The quantitative estimate of drug-likeness (QED) is 0.483. The lowest BCUT2D eigenvalue weighted by atomic mass is 10.1. The summed E-state index contributed by atoms with van der Waals surface area (Å²) in [7, 11) is 0. The summed E-state index contributed by atoms with van der Waals surface area (Å²) in [6.07, 6.45) is -0.579. The second kappa shape index (κ2) is 2.47. The highest BCUT2D eigenvalue weighted by Gasteiger charge is 2.74. The first kappa shape index (κ1) is 9.88. The van der Waals surface area contributed by atoms with Gasteiger partial charge in [0.15, 0.2) is 6.10 Å². The molecule has 5 heteroatoms. The van der Waals surface area contributed by atoms with Crippen molar-refractivity contribution in [2.75, 3.05) is 0 Å². The number of hydrogen-bond acceptors (Lipinski definition) is 2. The number of carbonyl (C=O) groups is 1. The van der Waals surface area contributed by atoms with Gasteiger partial charge in [0.05, 0.1) is 5.92 Å². The smallest absolute Gasteiger partial charge is 0.310 e. The van der Waals surface area contributed by atoms with E-state index in [1.165, 1.54) is 0 Å². The van der Waals surface area contributed by atoms with Gasteiger partial charge in [0, 0.05) is 5.92 Å². The van der Waals surface area contributed by atoms with Crippen LogP contribution < -0.4 is 0 Å². The van der Waals surface area contributed by atoms with Crippen LogP contribution in [0.3, 0.4) is 0 Å². The SMILES string of the molecule is CC1(C)[C@@H]2[C@H](C(Cl)(Cl)Cl)OC(=O)[C@@H]21. The molecule has 2 fully saturated rings. The molecule has 1 aliphatic heterocycles. The Balaban J connectivity index is 2.24. The van der Waals surface area contributed by atoms with Crippen LogP contribution in [-0.4, -0.2) is 15.9 Å². The molecule has 0 N–H and O–H groups in total. The summed E-state index contributed by atoms with van der Waals surface area (Å²) in [6, 6.07) is 0. The van der Waals surface area contributed by atoms with Crippen LogP contribution >= 0.6 is 34.8 Å². The molecule has 2 nitrogen and oxygen atoms in total. The molecule has 1 saturated carbocycles. The molecule has 2 aliphatic rings. The molecule has 0 aromatic heterocycles. The molecule has 2 rings (SSSR count). The zero-order valence-corrected chi connectivity index (χ0v) is 9.45. The van der Waals surface area contributed by atoms with E-state index >= 15 is 0 Å². The van der Waals surface area contributed by atoms with Crippen LogP contribution in [-0.2, 0) is 9.53 Å². The average Bonchev–Trinajstić information content (AvgIpc) is 2.35. The molecule has 0 aromatic carbocycles. The summed E-state index contributed by atoms with van der Waals surface area (Å²) in [6.45, 7) is 3.98. The van der Waals surface area contributed by atoms with Gasteiger partial charge in [0.2, 0.25) is 3.79 Å². The number of fused-ring (bicyclic) bond motifs is 1. The van der Waals surface area contributed by atoms with E-state index in [4.69, 9.17) is 39.5 Å². The predicted octanol–water partition coefficient (Wildman–Crippen LogP) is 2.55. The van der Waals surface area contributed by atoms with Crippen molar-refractivity contribution in [3.63, 3.8) is 0 Å². The minimum Gasteiger partial charge on any atom is -0.457 e. The highest BCUT2D eigenvalue weighted by molar-refractivity contribution is 6.68. The van der Waals surface area contributed by atoms with Crippen LogP contribution in [0.4, 0.5) is 0 Å². The molecule has 0 unspecified atom stereocenters. The molecule has 1 heterocycles. The second-order valence-corrected chi connectivity index (χ2v) is 6.59. The first-order valence-electron chi connectivity index (χ1n) is 4.03. The van der Waals surface area contributed by atoms with Gasteiger partial charge in [-0.05, 0) is 5.41 Å². The molecule has 74 valence electrons. The van der Waals surface area contributed by atoms with Gasteiger partial charge in [-0.1, -0.05) is 48.7 Å². The molecule has 0 bridgehead atoms. The van der Waals surface area contributed by atoms with Gasteiger partial charge in [-0.3, -0.25) is 4.79 Å². The summed E-state index contributed by atoms with van der Waals surface area (Å²) in [5, 5.41) is 0. The fourth-order valence-electron chi connectivity index (χ4n) is 2.24. The second-order valence-electron chi connectivity index (χ2n) is 4.22. The lowest BCUT2D eigenvalue weighted by Gasteiger charge is -2.23. The Morgan fingerprint density at radius 3 is 2.15 bits per heavy atom. The minimum absolute atomic E-state index is 0.0625. The van der Waals surface area contributed by atoms with Crippen LogP contribution in [0.1, 0.15) is 13.8 Å². The highest BCUT2D eigenvalue weighted by atomic mass is 35.6. The zero-order valence-electron chi connectivity index (χ0n) is 7.18. The van der Waals surface area contributed by atoms with E-state index in [0.29, 0.717) is 0 Å². The zero-order chi connectivity index (χ0) is 10.0. The standard InChI is InChI=1S/C8H9Cl3O2/c1-7(2)3-4(7)6(12)13-5(3)8(9,10)11/h3-5H,1-2H3/t3-,4+,5+/m0/s1. The van der Waals surface area contributed by atoms with Crippen molar-refractivity contribution in [1.29, 1.82) is 0 Å². The van der Waals surface area contributed by atoms with E-state index in [1.54, 1.807) is 0 Å². The lowest BCUT2D eigenvalue weighted by molar-refractivity contribution is -0.147. The normalized spacial score (nSPS) is 41.3. The van der Waals surface area contributed by atoms with Crippen LogP contribution in [0.25, 0.3) is 0 Å². The van der Waals surface area contributed by atoms with Gasteiger partial charge in [-0.2, -0.15) is 0 Å². The summed E-state index contributed by atoms with van der Waals surface area (Å²) < 4.78 is 3.49. The van der Waals surface area contributed by atoms with E-state index in [1.807, 2.05) is 13.8 Å². The van der Waals surface area contributed by atoms with Gasteiger partial charge >= 0.3 is 5.97 Å². The first-order chi connectivity index (χ1) is 5.76. The summed E-state index contributed by atoms with van der Waals surface area (Å²) in [5.41, 5.74) is -0.0656. The Bertz CT molecular complexity index is 269. The summed E-state index contributed by atoms with van der Waals surface area (Å²) in [4.78, 5) is 11.3. The minimum atomic E-state index is -1.50. The van der Waals surface area contributed by atoms with E-state index < -0.39 is 9.90 Å². The molecular formula is C8H9Cl3O2. The molecule has 0 aromatic rings. The molecule has 0 spiro atoms. The number of carbonyl (C=O) groups excluding carboxylic acids is 1. The third kappa shape index (κ3) is 1.26. The van der Waals surface area contributed by atoms with Crippen molar-refractivity contribution < 1.29 is 9.53 Å². The third-order valence-electron chi connectivity index (χ3n) is 3.06. The Labute approximate surface area is 91.5 Å². The van der Waals surface area contributed by atoms with Gasteiger partial charge in [-0.25, -0.2) is 0 Å². The summed E-state index contributed by atoms with van der Waals surface area (Å²) >= 11 is 17.1. The largest absolute Gasteiger partial charge is 0.457 e. The van der Waals surface area contributed by atoms with Gasteiger partial charge < -0.3 is 4.74 Å². The monoisotopic (exact) mass is 242 g/mol. The van der Waals surface area contributed by atoms with Crippen molar-refractivity contribution in [2.24, 2.45) is 17.3 Å². The molecule has 1 saturated heterocycles. The van der Waals surface area contributed by atoms with E-state index in [-0.39, 0.29) is 23.2 Å². The number of esters is 1. The number of ether oxygens (including phenoxy) is 1. The fourth-order valence-corrected chi connectivity index (χ4v) is 2.78. The Morgan fingerprint density at radius 2 is 1.92 bits per heavy atom. The highest BCUT2D eigenvalue weighted by Crippen LogP contribution is 2.67. The van der Waals surface area contributed by atoms with Crippen molar-refractivity contribution in [1.82, 2.24) is 0 Å². The number of cyclic esters (lactones) is 1. The van der Waals surface area contributed by atoms with Crippen molar-refractivity contribution in [3.8, 4) is 0 Å². The van der Waals surface area contributed by atoms with Gasteiger partial charge in [0.25, 0.3) is 0 Å². The first-order valence-corrected chi connectivity index (χ1v) is 5.17. The number of rotatable bonds is 0. The topological polar surface area (TPSA) is 26.3 Å². The molecule has 1 aliphatic carbocycles. The lowest BCUT2D eigenvalue weighted by Crippen LogP contribution is -2.32. The van der Waals surface area contributed by atoms with Gasteiger partial charge in [-0.15, -0.1) is 0 Å². The molecule has 0 amide bonds. The molecular weight excluding hydrogens is 234 g/mol. The number of hydrogen-bond donors (Lipinski definition) is 0. The maximum absolute atomic E-state index is 11.3. The van der Waals surface area contributed by atoms with Crippen LogP contribution in [0.15, 0.2) is 0 Å². The van der Waals surface area contributed by atoms with Crippen molar-refractivity contribution in [2.45, 2.75) is 23.7 Å². The Hall–Kier alpha value is 0.340. The van der Waals surface area contributed by atoms with E-state index in [0.717, 1.165) is 0 Å². The molecule has 3 atom stereocenters. The Morgan fingerprint density at radius 1 is 1.38 bits per heavy atom. The maximum Gasteiger partial charge on any atom is 0.310 e. The van der Waals surface area contributed by atoms with Gasteiger partial charge in [0.1, 0.15) is 0 Å². The number of halogens is 3. The maximum atomic E-state index is 11.3. The number of alkyl halides is 3. The van der Waals surface area contributed by atoms with Crippen molar-refractivity contribution in [3.05, 3.63) is 0 Å². The molecule has 0 radical (unpaired) electrons. The van der Waals surface area contributed by atoms with E-state index in [9.17, 15) is 4.79 Å². The van der Waals surface area contributed by atoms with Crippen molar-refractivity contribution >= 4 is 40.8 Å². The third-order valence-corrected chi connectivity index (χ3v) is 3.70. The van der Waals surface area contributed by atoms with Crippen LogP contribution in [0, 0.1) is 17.3 Å². The average molecular weight is 244 g/mol. The predicted molar refractivity (Wildman–Crippen MR) is 50.9 cm³/mol.